The molecule has 1 aromatic heterocycles. The number of aldehydes is 1. The highest BCUT2D eigenvalue weighted by atomic mass is 19.3. The van der Waals surface area contributed by atoms with Crippen LogP contribution >= 0.6 is 0 Å². The van der Waals surface area contributed by atoms with Crippen LogP contribution in [0.4, 0.5) is 18.9 Å². The van der Waals surface area contributed by atoms with Gasteiger partial charge in [0.25, 0.3) is 5.92 Å². The normalized spacial score (nSPS) is 11.8. The molecule has 2 aromatic rings. The summed E-state index contributed by atoms with van der Waals surface area (Å²) >= 11 is 0. The average molecular weight is 392 g/mol. The lowest BCUT2D eigenvalue weighted by Gasteiger charge is -2.13. The van der Waals surface area contributed by atoms with Gasteiger partial charge in [-0.1, -0.05) is 19.8 Å². The van der Waals surface area contributed by atoms with Crippen molar-refractivity contribution in [2.45, 2.75) is 39.0 Å². The molecular weight excluding hydrogens is 369 g/mol. The molecule has 0 atom stereocenters. The Labute approximate surface area is 162 Å². The fourth-order valence-electron chi connectivity index (χ4n) is 2.48. The molecule has 8 heteroatoms. The van der Waals surface area contributed by atoms with Gasteiger partial charge in [0.15, 0.2) is 12.1 Å². The number of hydrogen-bond donors (Lipinski definition) is 0. The fourth-order valence-corrected chi connectivity index (χ4v) is 2.48. The van der Waals surface area contributed by atoms with Gasteiger partial charge < -0.3 is 4.90 Å². The highest BCUT2D eigenvalue weighted by molar-refractivity contribution is 5.86. The van der Waals surface area contributed by atoms with Gasteiger partial charge in [0, 0.05) is 38.5 Å². The Hall–Kier alpha value is -2.77. The topological polar surface area (TPSA) is 58.5 Å². The second-order valence-corrected chi connectivity index (χ2v) is 6.62. The van der Waals surface area contributed by atoms with Crippen molar-refractivity contribution >= 4 is 18.3 Å². The molecule has 0 radical (unpaired) electrons. The van der Waals surface area contributed by atoms with Crippen molar-refractivity contribution in [1.82, 2.24) is 14.9 Å². The van der Waals surface area contributed by atoms with Gasteiger partial charge in [0.2, 0.25) is 0 Å². The van der Waals surface area contributed by atoms with Crippen LogP contribution in [0.1, 0.15) is 49.0 Å². The Bertz CT molecular complexity index is 833. The zero-order valence-corrected chi connectivity index (χ0v) is 16.1. The molecule has 0 fully saturated rings. The summed E-state index contributed by atoms with van der Waals surface area (Å²) in [6, 6.07) is 2.38. The third-order valence-corrected chi connectivity index (χ3v) is 4.15. The van der Waals surface area contributed by atoms with Gasteiger partial charge in [-0.25, -0.2) is 28.1 Å². The smallest absolute Gasteiger partial charge is 0.273 e. The SMILES string of the molecule is CCCCCN(C)C=Nc1cc(-c2ncc(C(C)(F)F)cn2)c(F)cc1C=O. The lowest BCUT2D eigenvalue weighted by Crippen LogP contribution is -2.17. The quantitative estimate of drug-likeness (QED) is 0.261. The maximum absolute atomic E-state index is 14.4. The Morgan fingerprint density at radius 2 is 1.89 bits per heavy atom. The van der Waals surface area contributed by atoms with E-state index in [9.17, 15) is 18.0 Å². The lowest BCUT2D eigenvalue weighted by molar-refractivity contribution is 0.0167. The fraction of sp³-hybridized carbons (Fsp3) is 0.400. The molecule has 150 valence electrons. The third kappa shape index (κ3) is 5.61. The summed E-state index contributed by atoms with van der Waals surface area (Å²) in [4.78, 5) is 25.1. The Balaban J connectivity index is 2.32. The number of halogens is 3. The van der Waals surface area contributed by atoms with Crippen LogP contribution < -0.4 is 0 Å². The first-order chi connectivity index (χ1) is 13.3. The van der Waals surface area contributed by atoms with Crippen LogP contribution in [-0.4, -0.2) is 41.1 Å². The molecule has 0 aliphatic carbocycles. The average Bonchev–Trinajstić information content (AvgIpc) is 2.66. The van der Waals surface area contributed by atoms with Crippen molar-refractivity contribution < 1.29 is 18.0 Å². The Morgan fingerprint density at radius 1 is 1.21 bits per heavy atom. The predicted octanol–water partition coefficient (Wildman–Crippen LogP) is 4.99. The van der Waals surface area contributed by atoms with Gasteiger partial charge in [-0.2, -0.15) is 0 Å². The van der Waals surface area contributed by atoms with Crippen LogP contribution in [0.3, 0.4) is 0 Å². The zero-order valence-electron chi connectivity index (χ0n) is 16.1. The van der Waals surface area contributed by atoms with Crippen LogP contribution in [0.2, 0.25) is 0 Å². The molecule has 0 spiro atoms. The van der Waals surface area contributed by atoms with Gasteiger partial charge in [0.1, 0.15) is 5.82 Å². The second-order valence-electron chi connectivity index (χ2n) is 6.62. The molecule has 1 aromatic carbocycles. The summed E-state index contributed by atoms with van der Waals surface area (Å²) in [5.41, 5.74) is -0.0520. The minimum Gasteiger partial charge on any atom is -0.366 e. The van der Waals surface area contributed by atoms with Crippen LogP contribution in [0.15, 0.2) is 29.5 Å². The van der Waals surface area contributed by atoms with Crippen LogP contribution in [-0.2, 0) is 5.92 Å². The number of nitrogens with zero attached hydrogens (tertiary/aromatic N) is 4. The highest BCUT2D eigenvalue weighted by Crippen LogP contribution is 2.30. The van der Waals surface area contributed by atoms with Crippen molar-refractivity contribution in [3.05, 3.63) is 41.5 Å². The minimum atomic E-state index is -3.09. The molecule has 0 amide bonds. The molecular formula is C20H23F3N4O. The molecule has 2 rings (SSSR count). The summed E-state index contributed by atoms with van der Waals surface area (Å²) < 4.78 is 41.0. The van der Waals surface area contributed by atoms with E-state index >= 15 is 0 Å². The van der Waals surface area contributed by atoms with E-state index in [1.807, 2.05) is 11.9 Å². The van der Waals surface area contributed by atoms with Gasteiger partial charge in [-0.15, -0.1) is 0 Å². The summed E-state index contributed by atoms with van der Waals surface area (Å²) in [7, 11) is 1.86. The number of aromatic nitrogens is 2. The molecule has 0 N–H and O–H groups in total. The van der Waals surface area contributed by atoms with Crippen molar-refractivity contribution in [3.8, 4) is 11.4 Å². The molecule has 0 aliphatic heterocycles. The summed E-state index contributed by atoms with van der Waals surface area (Å²) in [6.45, 7) is 3.65. The highest BCUT2D eigenvalue weighted by Gasteiger charge is 2.25. The summed E-state index contributed by atoms with van der Waals surface area (Å²) in [5, 5.41) is 0. The molecule has 28 heavy (non-hydrogen) atoms. The maximum atomic E-state index is 14.4. The van der Waals surface area contributed by atoms with E-state index in [0.717, 1.165) is 51.2 Å². The molecule has 5 nitrogen and oxygen atoms in total. The number of carbonyl (C=O) groups excluding carboxylic acids is 1. The first kappa shape index (κ1) is 21.5. The van der Waals surface area contributed by atoms with Gasteiger partial charge in [-0.3, -0.25) is 4.79 Å². The summed E-state index contributed by atoms with van der Waals surface area (Å²) in [5.74, 6) is -3.87. The second kappa shape index (κ2) is 9.43. The minimum absolute atomic E-state index is 0.0163. The van der Waals surface area contributed by atoms with Crippen LogP contribution in [0, 0.1) is 5.82 Å². The molecule has 0 saturated carbocycles. The number of rotatable bonds is 9. The van der Waals surface area contributed by atoms with Crippen LogP contribution in [0.25, 0.3) is 11.4 Å². The van der Waals surface area contributed by atoms with Gasteiger partial charge in [0.05, 0.1) is 23.2 Å². The number of aliphatic imine (C=N–C) groups is 1. The Morgan fingerprint density at radius 3 is 2.46 bits per heavy atom. The number of benzene rings is 1. The third-order valence-electron chi connectivity index (χ3n) is 4.15. The largest absolute Gasteiger partial charge is 0.366 e. The Kier molecular flexibility index (Phi) is 7.25. The van der Waals surface area contributed by atoms with Crippen molar-refractivity contribution in [2.24, 2.45) is 4.99 Å². The molecule has 0 unspecified atom stereocenters. The van der Waals surface area contributed by atoms with Crippen molar-refractivity contribution in [1.29, 1.82) is 0 Å². The number of alkyl halides is 2. The molecule has 0 aliphatic rings. The zero-order chi connectivity index (χ0) is 20.7. The summed E-state index contributed by atoms with van der Waals surface area (Å²) in [6.07, 6.45) is 7.21. The van der Waals surface area contributed by atoms with E-state index < -0.39 is 11.7 Å². The van der Waals surface area contributed by atoms with Gasteiger partial charge >= 0.3 is 0 Å². The van der Waals surface area contributed by atoms with Gasteiger partial charge in [-0.05, 0) is 18.6 Å². The predicted molar refractivity (Wildman–Crippen MR) is 103 cm³/mol. The molecule has 0 bridgehead atoms. The van der Waals surface area contributed by atoms with E-state index in [1.165, 1.54) is 6.07 Å². The lowest BCUT2D eigenvalue weighted by atomic mass is 10.1. The monoisotopic (exact) mass is 392 g/mol. The standard InChI is InChI=1S/C20H23F3N4O/c1-4-5-6-7-27(3)13-26-18-9-16(17(21)8-14(18)12-28)19-24-10-15(11-25-19)20(2,22)23/h8-13H,4-7H2,1-3H3. The molecule has 0 saturated heterocycles. The molecule has 1 heterocycles. The van der Waals surface area contributed by atoms with Crippen LogP contribution in [0.5, 0.6) is 0 Å². The number of hydrogen-bond acceptors (Lipinski definition) is 4. The van der Waals surface area contributed by atoms with E-state index in [4.69, 9.17) is 0 Å². The van der Waals surface area contributed by atoms with E-state index in [-0.39, 0.29) is 28.2 Å². The van der Waals surface area contributed by atoms with Crippen molar-refractivity contribution in [2.75, 3.05) is 13.6 Å². The van der Waals surface area contributed by atoms with E-state index in [0.29, 0.717) is 6.29 Å². The van der Waals surface area contributed by atoms with E-state index in [1.54, 1.807) is 6.34 Å². The first-order valence-electron chi connectivity index (χ1n) is 9.00. The number of unbranched alkanes of at least 4 members (excludes halogenated alkanes) is 2. The first-order valence-corrected chi connectivity index (χ1v) is 9.00. The maximum Gasteiger partial charge on any atom is 0.273 e. The number of carbonyl (C=O) groups is 1. The van der Waals surface area contributed by atoms with E-state index in [2.05, 4.69) is 21.9 Å². The van der Waals surface area contributed by atoms with Crippen molar-refractivity contribution in [3.63, 3.8) is 0 Å².